The minimum absolute atomic E-state index is 0.00346. The summed E-state index contributed by atoms with van der Waals surface area (Å²) in [5.41, 5.74) is 1.32. The minimum atomic E-state index is -2.61. The summed E-state index contributed by atoms with van der Waals surface area (Å²) in [5.74, 6) is -7.62. The minimum Gasteiger partial charge on any atom is -0.508 e. The molecule has 0 saturated heterocycles. The highest BCUT2D eigenvalue weighted by Crippen LogP contribution is 2.67. The molecule has 1 aliphatic carbocycles. The number of benzene rings is 4. The van der Waals surface area contributed by atoms with E-state index in [4.69, 9.17) is 18.9 Å². The summed E-state index contributed by atoms with van der Waals surface area (Å²) in [4.78, 5) is 14.6. The van der Waals surface area contributed by atoms with Crippen LogP contribution in [-0.2, 0) is 11.4 Å². The molecule has 11 nitrogen and oxygen atoms in total. The normalized spacial score (nSPS) is 28.8. The third-order valence-electron chi connectivity index (χ3n) is 11.0. The number of ether oxygens (including phenoxy) is 4. The molecule has 6 N–H and O–H groups in total. The van der Waals surface area contributed by atoms with Gasteiger partial charge in [-0.1, -0.05) is 29.4 Å². The lowest BCUT2D eigenvalue weighted by Gasteiger charge is -2.55. The van der Waals surface area contributed by atoms with E-state index in [9.17, 15) is 35.4 Å². The van der Waals surface area contributed by atoms with E-state index in [0.717, 1.165) is 16.7 Å². The Morgan fingerprint density at radius 2 is 1.47 bits per heavy atom. The van der Waals surface area contributed by atoms with Crippen LogP contribution in [0.4, 0.5) is 0 Å². The number of allylic oxidation sites excluding steroid dienone is 3. The lowest BCUT2D eigenvalue weighted by atomic mass is 9.60. The summed E-state index contributed by atoms with van der Waals surface area (Å²) in [6.07, 6.45) is 4.33. The van der Waals surface area contributed by atoms with Crippen LogP contribution in [0.25, 0.3) is 0 Å². The number of hydrogen-bond donors (Lipinski definition) is 6. The molecule has 51 heavy (non-hydrogen) atoms. The van der Waals surface area contributed by atoms with E-state index in [2.05, 4.69) is 0 Å². The largest absolute Gasteiger partial charge is 0.508 e. The molecule has 4 heterocycles. The summed E-state index contributed by atoms with van der Waals surface area (Å²) in [6.45, 7) is 5.69. The molecule has 4 aliphatic heterocycles. The molecule has 9 rings (SSSR count). The van der Waals surface area contributed by atoms with Crippen molar-refractivity contribution in [2.75, 3.05) is 0 Å². The fourth-order valence-corrected chi connectivity index (χ4v) is 8.82. The second kappa shape index (κ2) is 10.1. The zero-order valence-corrected chi connectivity index (χ0v) is 27.8. The van der Waals surface area contributed by atoms with Gasteiger partial charge >= 0.3 is 5.79 Å². The van der Waals surface area contributed by atoms with Crippen LogP contribution < -0.4 is 18.9 Å². The number of aromatic hydroxyl groups is 5. The average molecular weight is 691 g/mol. The Hall–Kier alpha value is -5.81. The second-order valence-corrected chi connectivity index (χ2v) is 14.4. The highest BCUT2D eigenvalue weighted by atomic mass is 16.7. The van der Waals surface area contributed by atoms with Gasteiger partial charge in [0.1, 0.15) is 57.3 Å². The van der Waals surface area contributed by atoms with Crippen molar-refractivity contribution in [3.05, 3.63) is 112 Å². The lowest BCUT2D eigenvalue weighted by molar-refractivity contribution is -0.204. The molecule has 260 valence electrons. The summed E-state index contributed by atoms with van der Waals surface area (Å²) in [6, 6.07) is 14.7. The van der Waals surface area contributed by atoms with Crippen molar-refractivity contribution in [3.63, 3.8) is 0 Å². The third-order valence-corrected chi connectivity index (χ3v) is 11.0. The van der Waals surface area contributed by atoms with Crippen LogP contribution in [0.1, 0.15) is 78.1 Å². The Morgan fingerprint density at radius 1 is 0.804 bits per heavy atom. The number of aliphatic hydroxyl groups is 1. The van der Waals surface area contributed by atoms with Crippen molar-refractivity contribution in [1.82, 2.24) is 0 Å². The molecule has 0 aromatic heterocycles. The molecule has 0 amide bonds. The number of phenolic OH excluding ortho intramolecular Hbond substituents is 5. The summed E-state index contributed by atoms with van der Waals surface area (Å²) < 4.78 is 26.2. The van der Waals surface area contributed by atoms with Crippen LogP contribution in [0.2, 0.25) is 0 Å². The number of Topliss-reactive ketones (excluding diaryl/α,β-unsaturated/α-hetero) is 1. The monoisotopic (exact) mass is 690 g/mol. The molecule has 6 atom stereocenters. The Kier molecular flexibility index (Phi) is 6.20. The molecule has 6 unspecified atom stereocenters. The van der Waals surface area contributed by atoms with Crippen molar-refractivity contribution in [2.45, 2.75) is 62.6 Å². The van der Waals surface area contributed by atoms with Gasteiger partial charge in [0.15, 0.2) is 0 Å². The molecule has 0 fully saturated rings. The van der Waals surface area contributed by atoms with Gasteiger partial charge in [0.2, 0.25) is 11.4 Å². The quantitative estimate of drug-likeness (QED) is 0.128. The maximum absolute atomic E-state index is 14.6. The first-order chi connectivity index (χ1) is 24.3. The first-order valence-corrected chi connectivity index (χ1v) is 16.7. The Bertz CT molecular complexity index is 2290. The number of rotatable bonds is 3. The SMILES string of the molecule is CC(C)=CCC12Oc3cc4c(c(O)c3C(=O)C1(O)Oc1cc(O)ccc12)C1C=C(C)CC2c3ccc(O)cc3OC(c3ccc(O)cc3O)(O4)C12. The van der Waals surface area contributed by atoms with Crippen LogP contribution >= 0.6 is 0 Å². The van der Waals surface area contributed by atoms with Gasteiger partial charge < -0.3 is 49.6 Å². The number of ketones is 1. The number of fused-ring (bicyclic) bond motifs is 8. The van der Waals surface area contributed by atoms with E-state index in [0.29, 0.717) is 17.7 Å². The van der Waals surface area contributed by atoms with Crippen molar-refractivity contribution < 1.29 is 54.4 Å². The van der Waals surface area contributed by atoms with Gasteiger partial charge in [-0.2, -0.15) is 0 Å². The van der Waals surface area contributed by atoms with E-state index in [1.165, 1.54) is 48.5 Å². The van der Waals surface area contributed by atoms with E-state index >= 15 is 0 Å². The van der Waals surface area contributed by atoms with Crippen molar-refractivity contribution in [2.24, 2.45) is 5.92 Å². The van der Waals surface area contributed by atoms with Crippen LogP contribution in [0.5, 0.6) is 51.7 Å². The maximum atomic E-state index is 14.6. The Balaban J connectivity index is 1.30. The highest BCUT2D eigenvalue weighted by molar-refractivity contribution is 6.09. The average Bonchev–Trinajstić information content (AvgIpc) is 3.30. The molecule has 0 spiro atoms. The summed E-state index contributed by atoms with van der Waals surface area (Å²) in [5, 5.41) is 66.8. The second-order valence-electron chi connectivity index (χ2n) is 14.4. The van der Waals surface area contributed by atoms with Gasteiger partial charge in [-0.05, 0) is 63.1 Å². The first-order valence-electron chi connectivity index (χ1n) is 16.7. The van der Waals surface area contributed by atoms with Gasteiger partial charge in [0, 0.05) is 53.6 Å². The zero-order valence-electron chi connectivity index (χ0n) is 27.8. The smallest absolute Gasteiger partial charge is 0.318 e. The van der Waals surface area contributed by atoms with Crippen LogP contribution in [0.15, 0.2) is 84.0 Å². The topological polar surface area (TPSA) is 175 Å². The van der Waals surface area contributed by atoms with E-state index in [1.54, 1.807) is 18.2 Å². The fourth-order valence-electron chi connectivity index (χ4n) is 8.82. The standard InChI is InChI=1S/C40H34O11/c1-18(2)10-11-38-27-9-6-22(43)16-30(27)51-40(38,47)37(46)34-32(48-38)17-31-33(36(34)45)25-13-19(3)12-24-23-7-4-21(42)15-29(23)49-39(50-31,35(24)25)26-8-5-20(41)14-28(26)44/h4-10,13-17,24-25,35,41-45,47H,11-12H2,1-3H3. The van der Waals surface area contributed by atoms with E-state index < -0.39 is 40.5 Å². The fraction of sp³-hybridized carbons (Fsp3) is 0.275. The molecule has 11 heteroatoms. The van der Waals surface area contributed by atoms with Gasteiger partial charge in [-0.15, -0.1) is 0 Å². The molecule has 5 aliphatic rings. The van der Waals surface area contributed by atoms with E-state index in [-0.39, 0.29) is 69.3 Å². The molecule has 0 bridgehead atoms. The summed E-state index contributed by atoms with van der Waals surface area (Å²) in [7, 11) is 0. The molecule has 0 radical (unpaired) electrons. The number of carbonyl (C=O) groups is 1. The van der Waals surface area contributed by atoms with Crippen LogP contribution in [0.3, 0.4) is 0 Å². The zero-order chi connectivity index (χ0) is 35.8. The molecule has 4 aromatic carbocycles. The Labute approximate surface area is 291 Å². The van der Waals surface area contributed by atoms with Crippen molar-refractivity contribution in [1.29, 1.82) is 0 Å². The van der Waals surface area contributed by atoms with Crippen molar-refractivity contribution in [3.8, 4) is 51.7 Å². The van der Waals surface area contributed by atoms with Crippen molar-refractivity contribution >= 4 is 5.78 Å². The molecule has 4 aromatic rings. The predicted molar refractivity (Wildman–Crippen MR) is 181 cm³/mol. The predicted octanol–water partition coefficient (Wildman–Crippen LogP) is 6.59. The first kappa shape index (κ1) is 31.2. The van der Waals surface area contributed by atoms with Gasteiger partial charge in [0.25, 0.3) is 5.79 Å². The summed E-state index contributed by atoms with van der Waals surface area (Å²) >= 11 is 0. The van der Waals surface area contributed by atoms with Gasteiger partial charge in [0.05, 0.1) is 11.5 Å². The van der Waals surface area contributed by atoms with E-state index in [1.807, 2.05) is 26.8 Å². The van der Waals surface area contributed by atoms with Crippen LogP contribution in [-0.4, -0.2) is 42.2 Å². The third kappa shape index (κ3) is 4.00. The number of hydrogen-bond acceptors (Lipinski definition) is 11. The highest BCUT2D eigenvalue weighted by Gasteiger charge is 2.70. The number of phenols is 5. The van der Waals surface area contributed by atoms with Gasteiger partial charge in [-0.25, -0.2) is 0 Å². The lowest BCUT2D eigenvalue weighted by Crippen LogP contribution is -2.62. The Morgan fingerprint density at radius 3 is 2.20 bits per heavy atom. The maximum Gasteiger partial charge on any atom is 0.318 e. The molecule has 0 saturated carbocycles. The number of carbonyl (C=O) groups excluding carboxylic acids is 1. The molecular formula is C40H34O11. The van der Waals surface area contributed by atoms with Gasteiger partial charge in [-0.3, -0.25) is 4.79 Å². The van der Waals surface area contributed by atoms with Crippen LogP contribution in [0, 0.1) is 5.92 Å². The molecular weight excluding hydrogens is 656 g/mol.